The highest BCUT2D eigenvalue weighted by Crippen LogP contribution is 2.22. The van der Waals surface area contributed by atoms with E-state index >= 15 is 0 Å². The maximum atomic E-state index is 5.43. The van der Waals surface area contributed by atoms with Gasteiger partial charge in [0, 0.05) is 12.6 Å². The molecule has 2 rings (SSSR count). The molecule has 0 radical (unpaired) electrons. The third-order valence-corrected chi connectivity index (χ3v) is 4.11. The van der Waals surface area contributed by atoms with Crippen LogP contribution in [0.15, 0.2) is 0 Å². The predicted octanol–water partition coefficient (Wildman–Crippen LogP) is 1.51. The Hall–Kier alpha value is 0.270. The molecule has 0 amide bonds. The first-order valence-corrected chi connectivity index (χ1v) is 6.49. The summed E-state index contributed by atoms with van der Waals surface area (Å²) in [5, 5.41) is 3.63. The summed E-state index contributed by atoms with van der Waals surface area (Å²) in [6.07, 6.45) is 3.95. The zero-order valence-corrected chi connectivity index (χ0v) is 8.94. The fourth-order valence-corrected chi connectivity index (χ4v) is 3.26. The van der Waals surface area contributed by atoms with Gasteiger partial charge in [-0.15, -0.1) is 0 Å². The van der Waals surface area contributed by atoms with Gasteiger partial charge in [-0.2, -0.15) is 11.8 Å². The van der Waals surface area contributed by atoms with Crippen LogP contribution >= 0.6 is 11.8 Å². The summed E-state index contributed by atoms with van der Waals surface area (Å²) in [7, 11) is 0. The van der Waals surface area contributed by atoms with Crippen molar-refractivity contribution < 1.29 is 4.74 Å². The van der Waals surface area contributed by atoms with Crippen molar-refractivity contribution in [2.75, 3.05) is 31.3 Å². The van der Waals surface area contributed by atoms with Gasteiger partial charge in [0.1, 0.15) is 0 Å². The van der Waals surface area contributed by atoms with Crippen LogP contribution in [0.4, 0.5) is 0 Å². The van der Waals surface area contributed by atoms with Crippen LogP contribution in [0.1, 0.15) is 19.3 Å². The minimum absolute atomic E-state index is 0.638. The monoisotopic (exact) mass is 201 g/mol. The second-order valence-electron chi connectivity index (χ2n) is 4.05. The van der Waals surface area contributed by atoms with E-state index in [-0.39, 0.29) is 0 Å². The van der Waals surface area contributed by atoms with Crippen molar-refractivity contribution in [2.45, 2.75) is 25.3 Å². The fourth-order valence-electron chi connectivity index (χ4n) is 1.98. The molecule has 0 aromatic carbocycles. The van der Waals surface area contributed by atoms with E-state index in [1.807, 2.05) is 0 Å². The number of nitrogens with one attached hydrogen (secondary N) is 1. The van der Waals surface area contributed by atoms with Gasteiger partial charge in [0.05, 0.1) is 6.61 Å². The van der Waals surface area contributed by atoms with Crippen molar-refractivity contribution in [3.05, 3.63) is 0 Å². The van der Waals surface area contributed by atoms with Gasteiger partial charge < -0.3 is 10.1 Å². The first kappa shape index (κ1) is 9.81. The van der Waals surface area contributed by atoms with E-state index in [4.69, 9.17) is 4.74 Å². The highest BCUT2D eigenvalue weighted by molar-refractivity contribution is 7.99. The Bertz CT molecular complexity index is 142. The van der Waals surface area contributed by atoms with Crippen molar-refractivity contribution in [3.8, 4) is 0 Å². The molecule has 2 aliphatic heterocycles. The maximum Gasteiger partial charge on any atom is 0.0619 e. The summed E-state index contributed by atoms with van der Waals surface area (Å²) in [6, 6.07) is 0.638. The average molecular weight is 201 g/mol. The van der Waals surface area contributed by atoms with Gasteiger partial charge in [0.25, 0.3) is 0 Å². The predicted molar refractivity (Wildman–Crippen MR) is 57.3 cm³/mol. The van der Waals surface area contributed by atoms with Crippen molar-refractivity contribution in [2.24, 2.45) is 5.92 Å². The molecule has 1 N–H and O–H groups in total. The van der Waals surface area contributed by atoms with E-state index in [2.05, 4.69) is 17.1 Å². The molecule has 0 bridgehead atoms. The molecule has 2 saturated heterocycles. The number of hydrogen-bond acceptors (Lipinski definition) is 3. The standard InChI is InChI=1S/C10H19NOS/c1-2-10(7-12-4-1)11-6-9-3-5-13-8-9/h9-11H,1-8H2. The summed E-state index contributed by atoms with van der Waals surface area (Å²) >= 11 is 2.10. The number of thioether (sulfide) groups is 1. The molecule has 0 aliphatic carbocycles. The first-order chi connectivity index (χ1) is 6.45. The van der Waals surface area contributed by atoms with Crippen LogP contribution in [-0.2, 0) is 4.74 Å². The van der Waals surface area contributed by atoms with E-state index < -0.39 is 0 Å². The molecule has 2 heterocycles. The van der Waals surface area contributed by atoms with E-state index in [1.165, 1.54) is 37.3 Å². The second-order valence-corrected chi connectivity index (χ2v) is 5.20. The van der Waals surface area contributed by atoms with Crippen molar-refractivity contribution in [3.63, 3.8) is 0 Å². The smallest absolute Gasteiger partial charge is 0.0619 e. The van der Waals surface area contributed by atoms with Crippen LogP contribution in [0, 0.1) is 5.92 Å². The van der Waals surface area contributed by atoms with Crippen LogP contribution in [-0.4, -0.2) is 37.3 Å². The van der Waals surface area contributed by atoms with E-state index in [0.29, 0.717) is 6.04 Å². The van der Waals surface area contributed by atoms with Crippen molar-refractivity contribution in [1.29, 1.82) is 0 Å². The summed E-state index contributed by atoms with van der Waals surface area (Å²) in [5.74, 6) is 3.65. The molecule has 0 aromatic rings. The minimum Gasteiger partial charge on any atom is -0.380 e. The van der Waals surface area contributed by atoms with Crippen LogP contribution < -0.4 is 5.32 Å². The molecule has 13 heavy (non-hydrogen) atoms. The summed E-state index contributed by atoms with van der Waals surface area (Å²) < 4.78 is 5.43. The van der Waals surface area contributed by atoms with E-state index in [0.717, 1.165) is 19.1 Å². The molecular formula is C10H19NOS. The molecule has 0 saturated carbocycles. The molecule has 2 fully saturated rings. The third kappa shape index (κ3) is 3.15. The van der Waals surface area contributed by atoms with Gasteiger partial charge in [-0.05, 0) is 43.2 Å². The summed E-state index contributed by atoms with van der Waals surface area (Å²) in [6.45, 7) is 3.11. The normalized spacial score (nSPS) is 35.1. The fraction of sp³-hybridized carbons (Fsp3) is 1.00. The highest BCUT2D eigenvalue weighted by atomic mass is 32.2. The molecule has 2 aliphatic rings. The van der Waals surface area contributed by atoms with E-state index in [1.54, 1.807) is 0 Å². The van der Waals surface area contributed by atoms with Gasteiger partial charge in [-0.1, -0.05) is 0 Å². The Morgan fingerprint density at radius 3 is 3.08 bits per heavy atom. The van der Waals surface area contributed by atoms with E-state index in [9.17, 15) is 0 Å². The Morgan fingerprint density at radius 1 is 1.38 bits per heavy atom. The van der Waals surface area contributed by atoms with Crippen LogP contribution in [0.2, 0.25) is 0 Å². The van der Waals surface area contributed by atoms with Crippen LogP contribution in [0.5, 0.6) is 0 Å². The zero-order chi connectivity index (χ0) is 8.93. The largest absolute Gasteiger partial charge is 0.380 e. The van der Waals surface area contributed by atoms with Crippen LogP contribution in [0.25, 0.3) is 0 Å². The molecule has 0 spiro atoms. The minimum atomic E-state index is 0.638. The molecule has 2 unspecified atom stereocenters. The molecular weight excluding hydrogens is 182 g/mol. The topological polar surface area (TPSA) is 21.3 Å². The molecule has 3 heteroatoms. The van der Waals surface area contributed by atoms with Gasteiger partial charge in [-0.3, -0.25) is 0 Å². The lowest BCUT2D eigenvalue weighted by atomic mass is 10.1. The van der Waals surface area contributed by atoms with Gasteiger partial charge in [0.2, 0.25) is 0 Å². The molecule has 76 valence electrons. The Kier molecular flexibility index (Phi) is 3.94. The summed E-state index contributed by atoms with van der Waals surface area (Å²) in [4.78, 5) is 0. The lowest BCUT2D eigenvalue weighted by Crippen LogP contribution is -2.39. The first-order valence-electron chi connectivity index (χ1n) is 5.34. The molecule has 2 nitrogen and oxygen atoms in total. The van der Waals surface area contributed by atoms with Crippen molar-refractivity contribution >= 4 is 11.8 Å². The van der Waals surface area contributed by atoms with Gasteiger partial charge in [-0.25, -0.2) is 0 Å². The highest BCUT2D eigenvalue weighted by Gasteiger charge is 2.18. The SMILES string of the molecule is C1COCC(NCC2CCSC2)C1. The lowest BCUT2D eigenvalue weighted by Gasteiger charge is -2.24. The molecule has 0 aromatic heterocycles. The quantitative estimate of drug-likeness (QED) is 0.748. The number of ether oxygens (including phenoxy) is 1. The Balaban J connectivity index is 1.60. The van der Waals surface area contributed by atoms with Gasteiger partial charge in [0.15, 0.2) is 0 Å². The van der Waals surface area contributed by atoms with Gasteiger partial charge >= 0.3 is 0 Å². The van der Waals surface area contributed by atoms with Crippen LogP contribution in [0.3, 0.4) is 0 Å². The Morgan fingerprint density at radius 2 is 2.38 bits per heavy atom. The Labute approximate surface area is 84.8 Å². The van der Waals surface area contributed by atoms with Crippen molar-refractivity contribution in [1.82, 2.24) is 5.32 Å². The maximum absolute atomic E-state index is 5.43. The lowest BCUT2D eigenvalue weighted by molar-refractivity contribution is 0.0694. The average Bonchev–Trinajstić information content (AvgIpc) is 2.69. The second kappa shape index (κ2) is 5.23. The number of rotatable bonds is 3. The third-order valence-electron chi connectivity index (χ3n) is 2.88. The molecule has 2 atom stereocenters. The number of hydrogen-bond donors (Lipinski definition) is 1. The zero-order valence-electron chi connectivity index (χ0n) is 8.13. The summed E-state index contributed by atoms with van der Waals surface area (Å²) in [5.41, 5.74) is 0.